The molecule has 0 saturated heterocycles. The van der Waals surface area contributed by atoms with Crippen molar-refractivity contribution in [2.24, 2.45) is 0 Å². The van der Waals surface area contributed by atoms with E-state index in [0.29, 0.717) is 5.92 Å². The predicted molar refractivity (Wildman–Crippen MR) is 47.0 cm³/mol. The molecule has 0 aliphatic rings. The van der Waals surface area contributed by atoms with Crippen LogP contribution in [0.5, 0.6) is 0 Å². The Bertz CT molecular complexity index is 240. The second kappa shape index (κ2) is 3.26. The van der Waals surface area contributed by atoms with Crippen LogP contribution in [0.1, 0.15) is 32.4 Å². The van der Waals surface area contributed by atoms with E-state index in [1.807, 2.05) is 4.68 Å². The lowest BCUT2D eigenvalue weighted by Gasteiger charge is -2.07. The Labute approximate surface area is 72.2 Å². The van der Waals surface area contributed by atoms with E-state index in [2.05, 4.69) is 25.9 Å². The fourth-order valence-electron chi connectivity index (χ4n) is 1.20. The lowest BCUT2D eigenvalue weighted by atomic mass is 10.1. The fraction of sp³-hybridized carbons (Fsp3) is 0.625. The molecule has 2 nitrogen and oxygen atoms in total. The van der Waals surface area contributed by atoms with Crippen molar-refractivity contribution in [3.8, 4) is 0 Å². The molecule has 0 N–H and O–H groups in total. The van der Waals surface area contributed by atoms with Crippen LogP contribution < -0.4 is 0 Å². The average Bonchev–Trinajstić information content (AvgIpc) is 2.30. The van der Waals surface area contributed by atoms with E-state index in [1.54, 1.807) is 6.20 Å². The molecule has 0 saturated carbocycles. The standard InChI is InChI=1S/C8H13ClN2/c1-4-11-8(6(2)3)7(9)5-10-11/h5-6H,4H2,1-3H3. The number of aromatic nitrogens is 2. The van der Waals surface area contributed by atoms with E-state index in [-0.39, 0.29) is 0 Å². The topological polar surface area (TPSA) is 17.8 Å². The Kier molecular flexibility index (Phi) is 2.55. The molecule has 0 aromatic carbocycles. The number of halogens is 1. The number of rotatable bonds is 2. The highest BCUT2D eigenvalue weighted by Crippen LogP contribution is 2.23. The SMILES string of the molecule is CCn1ncc(Cl)c1C(C)C. The summed E-state index contributed by atoms with van der Waals surface area (Å²) in [4.78, 5) is 0. The second-order valence-corrected chi connectivity index (χ2v) is 3.26. The third kappa shape index (κ3) is 1.56. The summed E-state index contributed by atoms with van der Waals surface area (Å²) in [5.41, 5.74) is 1.13. The van der Waals surface area contributed by atoms with Gasteiger partial charge in [0.25, 0.3) is 0 Å². The molecule has 0 amide bonds. The predicted octanol–water partition coefficient (Wildman–Crippen LogP) is 2.68. The summed E-state index contributed by atoms with van der Waals surface area (Å²) < 4.78 is 1.94. The maximum atomic E-state index is 5.94. The maximum absolute atomic E-state index is 5.94. The number of hydrogen-bond acceptors (Lipinski definition) is 1. The molecule has 0 spiro atoms. The second-order valence-electron chi connectivity index (χ2n) is 2.85. The monoisotopic (exact) mass is 172 g/mol. The average molecular weight is 173 g/mol. The summed E-state index contributed by atoms with van der Waals surface area (Å²) >= 11 is 5.94. The summed E-state index contributed by atoms with van der Waals surface area (Å²) in [6.45, 7) is 7.19. The number of hydrogen-bond donors (Lipinski definition) is 0. The van der Waals surface area contributed by atoms with Crippen molar-refractivity contribution in [3.05, 3.63) is 16.9 Å². The van der Waals surface area contributed by atoms with Crippen molar-refractivity contribution >= 4 is 11.6 Å². The fourth-order valence-corrected chi connectivity index (χ4v) is 1.56. The van der Waals surface area contributed by atoms with Gasteiger partial charge in [0.2, 0.25) is 0 Å². The van der Waals surface area contributed by atoms with E-state index in [1.165, 1.54) is 0 Å². The van der Waals surface area contributed by atoms with Crippen LogP contribution in [-0.2, 0) is 6.54 Å². The van der Waals surface area contributed by atoms with Crippen LogP contribution in [0, 0.1) is 0 Å². The van der Waals surface area contributed by atoms with Crippen molar-refractivity contribution in [2.45, 2.75) is 33.2 Å². The molecular formula is C8H13ClN2. The zero-order chi connectivity index (χ0) is 8.43. The molecular weight excluding hydrogens is 160 g/mol. The summed E-state index contributed by atoms with van der Waals surface area (Å²) in [6.07, 6.45) is 1.71. The summed E-state index contributed by atoms with van der Waals surface area (Å²) in [6, 6.07) is 0. The van der Waals surface area contributed by atoms with Crippen LogP contribution in [-0.4, -0.2) is 9.78 Å². The molecule has 0 atom stereocenters. The molecule has 11 heavy (non-hydrogen) atoms. The molecule has 1 aromatic heterocycles. The third-order valence-electron chi connectivity index (χ3n) is 1.68. The van der Waals surface area contributed by atoms with Gasteiger partial charge in [-0.05, 0) is 12.8 Å². The molecule has 0 fully saturated rings. The molecule has 0 bridgehead atoms. The third-order valence-corrected chi connectivity index (χ3v) is 1.97. The van der Waals surface area contributed by atoms with Gasteiger partial charge < -0.3 is 0 Å². The molecule has 0 aliphatic carbocycles. The Morgan fingerprint density at radius 2 is 2.27 bits per heavy atom. The van der Waals surface area contributed by atoms with Crippen molar-refractivity contribution in [2.75, 3.05) is 0 Å². The Morgan fingerprint density at radius 1 is 1.64 bits per heavy atom. The minimum Gasteiger partial charge on any atom is -0.268 e. The first kappa shape index (κ1) is 8.60. The number of nitrogens with zero attached hydrogens (tertiary/aromatic N) is 2. The van der Waals surface area contributed by atoms with Crippen molar-refractivity contribution < 1.29 is 0 Å². The molecule has 0 unspecified atom stereocenters. The smallest absolute Gasteiger partial charge is 0.0820 e. The van der Waals surface area contributed by atoms with Gasteiger partial charge in [-0.25, -0.2) is 0 Å². The minimum atomic E-state index is 0.449. The lowest BCUT2D eigenvalue weighted by Crippen LogP contribution is -2.03. The van der Waals surface area contributed by atoms with E-state index in [9.17, 15) is 0 Å². The van der Waals surface area contributed by atoms with E-state index in [0.717, 1.165) is 17.3 Å². The van der Waals surface area contributed by atoms with Crippen LogP contribution in [0.2, 0.25) is 5.02 Å². The zero-order valence-corrected chi connectivity index (χ0v) is 7.89. The van der Waals surface area contributed by atoms with Gasteiger partial charge in [0.1, 0.15) is 0 Å². The Hall–Kier alpha value is -0.500. The molecule has 1 heterocycles. The molecule has 0 aliphatic heterocycles. The van der Waals surface area contributed by atoms with E-state index in [4.69, 9.17) is 11.6 Å². The summed E-state index contributed by atoms with van der Waals surface area (Å²) in [5.74, 6) is 0.449. The summed E-state index contributed by atoms with van der Waals surface area (Å²) in [5, 5.41) is 4.92. The highest BCUT2D eigenvalue weighted by molar-refractivity contribution is 6.31. The van der Waals surface area contributed by atoms with Gasteiger partial charge in [0, 0.05) is 6.54 Å². The van der Waals surface area contributed by atoms with Gasteiger partial charge in [-0.15, -0.1) is 0 Å². The van der Waals surface area contributed by atoms with Crippen molar-refractivity contribution in [3.63, 3.8) is 0 Å². The van der Waals surface area contributed by atoms with Crippen LogP contribution >= 0.6 is 11.6 Å². The number of aryl methyl sites for hydroxylation is 1. The zero-order valence-electron chi connectivity index (χ0n) is 7.13. The van der Waals surface area contributed by atoms with Crippen LogP contribution in [0.25, 0.3) is 0 Å². The van der Waals surface area contributed by atoms with Crippen molar-refractivity contribution in [1.29, 1.82) is 0 Å². The van der Waals surface area contributed by atoms with Crippen molar-refractivity contribution in [1.82, 2.24) is 9.78 Å². The van der Waals surface area contributed by atoms with E-state index < -0.39 is 0 Å². The van der Waals surface area contributed by atoms with E-state index >= 15 is 0 Å². The Morgan fingerprint density at radius 3 is 2.64 bits per heavy atom. The van der Waals surface area contributed by atoms with Crippen LogP contribution in [0.4, 0.5) is 0 Å². The minimum absolute atomic E-state index is 0.449. The molecule has 0 radical (unpaired) electrons. The van der Waals surface area contributed by atoms with Gasteiger partial charge in [-0.1, -0.05) is 25.4 Å². The van der Waals surface area contributed by atoms with Gasteiger partial charge in [0.15, 0.2) is 0 Å². The highest BCUT2D eigenvalue weighted by atomic mass is 35.5. The quantitative estimate of drug-likeness (QED) is 0.671. The first-order valence-electron chi connectivity index (χ1n) is 3.88. The van der Waals surface area contributed by atoms with Gasteiger partial charge in [-0.2, -0.15) is 5.10 Å². The maximum Gasteiger partial charge on any atom is 0.0820 e. The molecule has 1 rings (SSSR count). The van der Waals surface area contributed by atoms with Gasteiger partial charge in [0.05, 0.1) is 16.9 Å². The largest absolute Gasteiger partial charge is 0.268 e. The highest BCUT2D eigenvalue weighted by Gasteiger charge is 2.10. The molecule has 62 valence electrons. The van der Waals surface area contributed by atoms with Gasteiger partial charge >= 0.3 is 0 Å². The molecule has 1 aromatic rings. The lowest BCUT2D eigenvalue weighted by molar-refractivity contribution is 0.598. The Balaban J connectivity index is 3.07. The summed E-state index contributed by atoms with van der Waals surface area (Å²) in [7, 11) is 0. The van der Waals surface area contributed by atoms with Gasteiger partial charge in [-0.3, -0.25) is 4.68 Å². The first-order chi connectivity index (χ1) is 5.16. The van der Waals surface area contributed by atoms with Crippen LogP contribution in [0.3, 0.4) is 0 Å². The normalized spacial score (nSPS) is 11.0. The van der Waals surface area contributed by atoms with Crippen LogP contribution in [0.15, 0.2) is 6.20 Å². The first-order valence-corrected chi connectivity index (χ1v) is 4.25. The molecule has 3 heteroatoms.